The Labute approximate surface area is 125 Å². The summed E-state index contributed by atoms with van der Waals surface area (Å²) in [5, 5.41) is 0. The maximum atomic E-state index is 6.34. The molecule has 1 aliphatic heterocycles. The van der Waals surface area contributed by atoms with Crippen molar-refractivity contribution < 1.29 is 0 Å². The van der Waals surface area contributed by atoms with Gasteiger partial charge in [-0.05, 0) is 69.7 Å². The highest BCUT2D eigenvalue weighted by Gasteiger charge is 2.45. The van der Waals surface area contributed by atoms with Gasteiger partial charge in [0.05, 0.1) is 0 Å². The largest absolute Gasteiger partial charge is 0.329 e. The smallest absolute Gasteiger partial charge is 0.0335 e. The summed E-state index contributed by atoms with van der Waals surface area (Å²) >= 11 is 0. The van der Waals surface area contributed by atoms with Gasteiger partial charge in [0.2, 0.25) is 0 Å². The molecular formula is C18H34N2. The zero-order chi connectivity index (χ0) is 14.0. The van der Waals surface area contributed by atoms with Gasteiger partial charge in [-0.2, -0.15) is 0 Å². The van der Waals surface area contributed by atoms with Crippen LogP contribution in [-0.4, -0.2) is 29.6 Å². The lowest BCUT2D eigenvalue weighted by Crippen LogP contribution is -2.63. The summed E-state index contributed by atoms with van der Waals surface area (Å²) in [5.41, 5.74) is 6.70. The highest BCUT2D eigenvalue weighted by atomic mass is 15.2. The molecule has 0 radical (unpaired) electrons. The predicted molar refractivity (Wildman–Crippen MR) is 85.7 cm³/mol. The van der Waals surface area contributed by atoms with Crippen molar-refractivity contribution in [2.75, 3.05) is 13.1 Å². The van der Waals surface area contributed by atoms with Gasteiger partial charge in [-0.25, -0.2) is 0 Å². The quantitative estimate of drug-likeness (QED) is 0.847. The van der Waals surface area contributed by atoms with Crippen molar-refractivity contribution in [2.24, 2.45) is 17.6 Å². The van der Waals surface area contributed by atoms with Crippen LogP contribution in [0, 0.1) is 11.8 Å². The van der Waals surface area contributed by atoms with Crippen molar-refractivity contribution in [1.29, 1.82) is 0 Å². The Kier molecular flexibility index (Phi) is 4.72. The Morgan fingerprint density at radius 1 is 1.00 bits per heavy atom. The number of rotatable bonds is 3. The number of nitrogens with zero attached hydrogens (tertiary/aromatic N) is 1. The lowest BCUT2D eigenvalue weighted by atomic mass is 9.70. The highest BCUT2D eigenvalue weighted by molar-refractivity contribution is 5.01. The number of hydrogen-bond acceptors (Lipinski definition) is 2. The van der Waals surface area contributed by atoms with Crippen LogP contribution in [0.4, 0.5) is 0 Å². The van der Waals surface area contributed by atoms with Crippen LogP contribution >= 0.6 is 0 Å². The fourth-order valence-corrected chi connectivity index (χ4v) is 5.45. The van der Waals surface area contributed by atoms with Gasteiger partial charge in [0.1, 0.15) is 0 Å². The van der Waals surface area contributed by atoms with Gasteiger partial charge in [-0.15, -0.1) is 0 Å². The molecule has 2 saturated carbocycles. The third-order valence-corrected chi connectivity index (χ3v) is 6.85. The van der Waals surface area contributed by atoms with Gasteiger partial charge < -0.3 is 5.73 Å². The van der Waals surface area contributed by atoms with Crippen molar-refractivity contribution in [2.45, 2.75) is 89.1 Å². The minimum Gasteiger partial charge on any atom is -0.329 e. The van der Waals surface area contributed by atoms with E-state index < -0.39 is 0 Å². The van der Waals surface area contributed by atoms with Gasteiger partial charge in [-0.3, -0.25) is 4.90 Å². The van der Waals surface area contributed by atoms with Gasteiger partial charge in [0.25, 0.3) is 0 Å². The fourth-order valence-electron chi connectivity index (χ4n) is 5.45. The number of fused-ring (bicyclic) bond motifs is 1. The average molecular weight is 278 g/mol. The van der Waals surface area contributed by atoms with E-state index in [9.17, 15) is 0 Å². The Balaban J connectivity index is 1.74. The lowest BCUT2D eigenvalue weighted by molar-refractivity contribution is -0.0491. The second kappa shape index (κ2) is 6.36. The van der Waals surface area contributed by atoms with Crippen LogP contribution in [0.3, 0.4) is 0 Å². The third kappa shape index (κ3) is 2.66. The molecule has 2 N–H and O–H groups in total. The van der Waals surface area contributed by atoms with E-state index >= 15 is 0 Å². The van der Waals surface area contributed by atoms with Crippen molar-refractivity contribution >= 4 is 0 Å². The van der Waals surface area contributed by atoms with E-state index in [2.05, 4.69) is 11.8 Å². The molecule has 20 heavy (non-hydrogen) atoms. The molecular weight excluding hydrogens is 244 g/mol. The normalized spacial score (nSPS) is 43.2. The van der Waals surface area contributed by atoms with Gasteiger partial charge in [0.15, 0.2) is 0 Å². The molecule has 0 aromatic carbocycles. The Morgan fingerprint density at radius 2 is 1.70 bits per heavy atom. The summed E-state index contributed by atoms with van der Waals surface area (Å²) in [6.45, 7) is 4.58. The van der Waals surface area contributed by atoms with E-state index in [1.165, 1.54) is 77.2 Å². The van der Waals surface area contributed by atoms with Gasteiger partial charge in [0, 0.05) is 18.1 Å². The Hall–Kier alpha value is -0.0800. The second-order valence-corrected chi connectivity index (χ2v) is 7.73. The van der Waals surface area contributed by atoms with Gasteiger partial charge >= 0.3 is 0 Å². The molecule has 0 aromatic heterocycles. The minimum atomic E-state index is 0.367. The Morgan fingerprint density at radius 3 is 2.40 bits per heavy atom. The van der Waals surface area contributed by atoms with Gasteiger partial charge in [-0.1, -0.05) is 26.2 Å². The molecule has 0 bridgehead atoms. The fraction of sp³-hybridized carbons (Fsp3) is 1.00. The van der Waals surface area contributed by atoms with Crippen molar-refractivity contribution in [3.05, 3.63) is 0 Å². The first-order valence-electron chi connectivity index (χ1n) is 9.26. The van der Waals surface area contributed by atoms with E-state index in [4.69, 9.17) is 5.73 Å². The van der Waals surface area contributed by atoms with Crippen LogP contribution in [0.1, 0.15) is 77.6 Å². The number of hydrogen-bond donors (Lipinski definition) is 1. The lowest BCUT2D eigenvalue weighted by Gasteiger charge is -2.56. The maximum Gasteiger partial charge on any atom is 0.0335 e. The number of likely N-dealkylation sites (tertiary alicyclic amines) is 1. The summed E-state index contributed by atoms with van der Waals surface area (Å²) in [7, 11) is 0. The standard InChI is InChI=1S/C18H34N2/c1-2-15-9-11-18(14-19,12-10-15)20-13-5-7-16-6-3-4-8-17(16)20/h15-17H,2-14,19H2,1H3. The number of nitrogens with two attached hydrogens (primary N) is 1. The first-order valence-corrected chi connectivity index (χ1v) is 9.26. The summed E-state index contributed by atoms with van der Waals surface area (Å²) < 4.78 is 0. The topological polar surface area (TPSA) is 29.3 Å². The van der Waals surface area contributed by atoms with Crippen LogP contribution in [0.25, 0.3) is 0 Å². The number of piperidine rings is 1. The summed E-state index contributed by atoms with van der Waals surface area (Å²) in [5.74, 6) is 1.96. The molecule has 3 aliphatic rings. The molecule has 2 atom stereocenters. The van der Waals surface area contributed by atoms with Crippen LogP contribution in [0.5, 0.6) is 0 Å². The zero-order valence-electron chi connectivity index (χ0n) is 13.4. The van der Waals surface area contributed by atoms with Crippen LogP contribution in [-0.2, 0) is 0 Å². The van der Waals surface area contributed by atoms with E-state index in [0.717, 1.165) is 24.4 Å². The van der Waals surface area contributed by atoms with E-state index in [1.807, 2.05) is 0 Å². The first-order chi connectivity index (χ1) is 9.79. The molecule has 2 nitrogen and oxygen atoms in total. The molecule has 2 heteroatoms. The Bertz CT molecular complexity index is 305. The summed E-state index contributed by atoms with van der Waals surface area (Å²) in [6.07, 6.45) is 15.7. The van der Waals surface area contributed by atoms with Crippen LogP contribution < -0.4 is 5.73 Å². The molecule has 2 aliphatic carbocycles. The van der Waals surface area contributed by atoms with E-state index in [1.54, 1.807) is 0 Å². The molecule has 0 spiro atoms. The van der Waals surface area contributed by atoms with E-state index in [-0.39, 0.29) is 0 Å². The third-order valence-electron chi connectivity index (χ3n) is 6.85. The average Bonchev–Trinajstić information content (AvgIpc) is 2.54. The van der Waals surface area contributed by atoms with Crippen LogP contribution in [0.15, 0.2) is 0 Å². The molecule has 2 unspecified atom stereocenters. The van der Waals surface area contributed by atoms with Crippen LogP contribution in [0.2, 0.25) is 0 Å². The highest BCUT2D eigenvalue weighted by Crippen LogP contribution is 2.44. The minimum absolute atomic E-state index is 0.367. The summed E-state index contributed by atoms with van der Waals surface area (Å²) in [6, 6.07) is 0.874. The summed E-state index contributed by atoms with van der Waals surface area (Å²) in [4.78, 5) is 2.92. The van der Waals surface area contributed by atoms with Crippen molar-refractivity contribution in [1.82, 2.24) is 4.90 Å². The molecule has 0 aromatic rings. The predicted octanol–water partition coefficient (Wildman–Crippen LogP) is 3.94. The molecule has 0 amide bonds. The first kappa shape index (κ1) is 14.8. The zero-order valence-corrected chi connectivity index (χ0v) is 13.4. The SMILES string of the molecule is CCC1CCC(CN)(N2CCCC3CCCCC32)CC1. The molecule has 116 valence electrons. The molecule has 1 saturated heterocycles. The van der Waals surface area contributed by atoms with Crippen molar-refractivity contribution in [3.63, 3.8) is 0 Å². The molecule has 3 rings (SSSR count). The second-order valence-electron chi connectivity index (χ2n) is 7.73. The molecule has 3 fully saturated rings. The van der Waals surface area contributed by atoms with E-state index in [0.29, 0.717) is 5.54 Å². The van der Waals surface area contributed by atoms with Crippen molar-refractivity contribution in [3.8, 4) is 0 Å². The molecule has 1 heterocycles. The monoisotopic (exact) mass is 278 g/mol. The maximum absolute atomic E-state index is 6.34.